The van der Waals surface area contributed by atoms with Gasteiger partial charge in [-0.25, -0.2) is 0 Å². The van der Waals surface area contributed by atoms with Crippen LogP contribution in [0.25, 0.3) is 0 Å². The van der Waals surface area contributed by atoms with E-state index in [2.05, 4.69) is 31.7 Å². The van der Waals surface area contributed by atoms with Crippen molar-refractivity contribution in [3.8, 4) is 0 Å². The number of rotatable bonds is 0. The van der Waals surface area contributed by atoms with E-state index in [0.717, 1.165) is 24.3 Å². The zero-order valence-electron chi connectivity index (χ0n) is 13.1. The van der Waals surface area contributed by atoms with Gasteiger partial charge in [-0.15, -0.1) is 0 Å². The van der Waals surface area contributed by atoms with E-state index >= 15 is 0 Å². The van der Waals surface area contributed by atoms with Gasteiger partial charge in [-0.1, -0.05) is 19.9 Å². The van der Waals surface area contributed by atoms with Gasteiger partial charge < -0.3 is 4.90 Å². The maximum absolute atomic E-state index is 12.1. The highest BCUT2D eigenvalue weighted by molar-refractivity contribution is 5.91. The fraction of sp³-hybridized carbons (Fsp3) is 0.833. The largest absolute Gasteiger partial charge is 0.330 e. The van der Waals surface area contributed by atoms with Crippen LogP contribution in [0.5, 0.6) is 0 Å². The zero-order valence-corrected chi connectivity index (χ0v) is 13.1. The minimum Gasteiger partial charge on any atom is -0.330 e. The van der Waals surface area contributed by atoms with E-state index in [1.165, 1.54) is 32.1 Å². The van der Waals surface area contributed by atoms with Gasteiger partial charge in [0.1, 0.15) is 0 Å². The molecule has 20 heavy (non-hydrogen) atoms. The number of hydrogen-bond acceptors (Lipinski definition) is 1. The van der Waals surface area contributed by atoms with Crippen LogP contribution < -0.4 is 0 Å². The van der Waals surface area contributed by atoms with Gasteiger partial charge in [0.15, 0.2) is 0 Å². The summed E-state index contributed by atoms with van der Waals surface area (Å²) >= 11 is 0. The lowest BCUT2D eigenvalue weighted by atomic mass is 9.53. The van der Waals surface area contributed by atoms with Crippen LogP contribution in [0.1, 0.15) is 52.9 Å². The minimum atomic E-state index is 0.0210. The molecule has 110 valence electrons. The predicted molar refractivity (Wildman–Crippen MR) is 80.1 cm³/mol. The van der Waals surface area contributed by atoms with Crippen molar-refractivity contribution in [1.82, 2.24) is 4.90 Å². The van der Waals surface area contributed by atoms with Crippen LogP contribution in [0.3, 0.4) is 0 Å². The van der Waals surface area contributed by atoms with E-state index in [1.807, 2.05) is 6.08 Å². The Hall–Kier alpha value is -0.790. The molecule has 2 saturated carbocycles. The summed E-state index contributed by atoms with van der Waals surface area (Å²) in [6.45, 7) is 8.31. The van der Waals surface area contributed by atoms with Crippen molar-refractivity contribution >= 4 is 5.91 Å². The molecule has 2 heterocycles. The Bertz CT molecular complexity index is 484. The molecule has 0 N–H and O–H groups in total. The Labute approximate surface area is 122 Å². The smallest absolute Gasteiger partial charge is 0.247 e. The van der Waals surface area contributed by atoms with E-state index in [4.69, 9.17) is 0 Å². The standard InChI is InChI=1S/C18H27NO/c1-12-4-5-14-13-8-11-19-16(20)7-10-18(19,3)15(13)6-9-17(12,14)2/h7,10,12-15H,4-6,8-9,11H2,1-3H3. The van der Waals surface area contributed by atoms with Crippen LogP contribution in [0.15, 0.2) is 12.2 Å². The number of carbonyl (C=O) groups is 1. The van der Waals surface area contributed by atoms with Gasteiger partial charge in [0, 0.05) is 12.6 Å². The van der Waals surface area contributed by atoms with Crippen molar-refractivity contribution in [3.05, 3.63) is 12.2 Å². The molecule has 6 unspecified atom stereocenters. The van der Waals surface area contributed by atoms with E-state index in [0.29, 0.717) is 11.3 Å². The third-order valence-corrected chi connectivity index (χ3v) is 7.76. The molecule has 1 saturated heterocycles. The van der Waals surface area contributed by atoms with Crippen LogP contribution in [0, 0.1) is 29.1 Å². The number of nitrogens with zero attached hydrogens (tertiary/aromatic N) is 1. The van der Waals surface area contributed by atoms with Crippen LogP contribution in [-0.2, 0) is 4.79 Å². The Morgan fingerprint density at radius 2 is 1.95 bits per heavy atom. The molecule has 2 heteroatoms. The Balaban J connectivity index is 1.69. The van der Waals surface area contributed by atoms with Crippen molar-refractivity contribution < 1.29 is 4.79 Å². The van der Waals surface area contributed by atoms with E-state index in [-0.39, 0.29) is 11.4 Å². The molecule has 3 fully saturated rings. The molecule has 0 aromatic heterocycles. The number of amides is 1. The zero-order chi connectivity index (χ0) is 14.1. The molecule has 0 aromatic rings. The van der Waals surface area contributed by atoms with Gasteiger partial charge in [-0.3, -0.25) is 4.79 Å². The lowest BCUT2D eigenvalue weighted by molar-refractivity contribution is -0.139. The monoisotopic (exact) mass is 273 g/mol. The van der Waals surface area contributed by atoms with Crippen LogP contribution in [0.4, 0.5) is 0 Å². The summed E-state index contributed by atoms with van der Waals surface area (Å²) in [4.78, 5) is 14.2. The van der Waals surface area contributed by atoms with Crippen molar-refractivity contribution in [2.24, 2.45) is 29.1 Å². The molecule has 0 aromatic carbocycles. The van der Waals surface area contributed by atoms with Crippen molar-refractivity contribution in [1.29, 1.82) is 0 Å². The number of piperidine rings is 1. The second-order valence-corrected chi connectivity index (χ2v) is 8.24. The number of carbonyl (C=O) groups excluding carboxylic acids is 1. The van der Waals surface area contributed by atoms with E-state index in [9.17, 15) is 4.79 Å². The summed E-state index contributed by atoms with van der Waals surface area (Å²) in [7, 11) is 0. The van der Waals surface area contributed by atoms with Gasteiger partial charge in [0.05, 0.1) is 5.54 Å². The first-order chi connectivity index (χ1) is 9.47. The lowest BCUT2D eigenvalue weighted by Crippen LogP contribution is -2.60. The molecular formula is C18H27NO. The van der Waals surface area contributed by atoms with Crippen LogP contribution >= 0.6 is 0 Å². The summed E-state index contributed by atoms with van der Waals surface area (Å²) in [5.41, 5.74) is 0.596. The minimum absolute atomic E-state index is 0.0210. The van der Waals surface area contributed by atoms with Gasteiger partial charge in [0.25, 0.3) is 0 Å². The fourth-order valence-corrected chi connectivity index (χ4v) is 6.29. The third kappa shape index (κ3) is 1.38. The molecule has 0 spiro atoms. The van der Waals surface area contributed by atoms with Crippen molar-refractivity contribution in [3.63, 3.8) is 0 Å². The molecule has 2 aliphatic heterocycles. The highest BCUT2D eigenvalue weighted by Crippen LogP contribution is 2.63. The maximum Gasteiger partial charge on any atom is 0.247 e. The Kier molecular flexibility index (Phi) is 2.52. The first-order valence-electron chi connectivity index (χ1n) is 8.47. The van der Waals surface area contributed by atoms with Gasteiger partial charge in [-0.2, -0.15) is 0 Å². The van der Waals surface area contributed by atoms with Gasteiger partial charge in [0.2, 0.25) is 5.91 Å². The average molecular weight is 273 g/mol. The topological polar surface area (TPSA) is 20.3 Å². The van der Waals surface area contributed by atoms with Crippen molar-refractivity contribution in [2.45, 2.75) is 58.4 Å². The normalized spacial score (nSPS) is 53.8. The summed E-state index contributed by atoms with van der Waals surface area (Å²) in [6.07, 6.45) is 10.8. The molecule has 1 amide bonds. The first kappa shape index (κ1) is 12.9. The summed E-state index contributed by atoms with van der Waals surface area (Å²) in [5, 5.41) is 0. The Morgan fingerprint density at radius 1 is 1.15 bits per heavy atom. The molecule has 0 bridgehead atoms. The molecule has 2 aliphatic carbocycles. The molecule has 4 rings (SSSR count). The summed E-state index contributed by atoms with van der Waals surface area (Å²) in [6, 6.07) is 0. The third-order valence-electron chi connectivity index (χ3n) is 7.76. The predicted octanol–water partition coefficient (Wildman–Crippen LogP) is 3.63. The molecular weight excluding hydrogens is 246 g/mol. The summed E-state index contributed by atoms with van der Waals surface area (Å²) in [5.74, 6) is 3.58. The Morgan fingerprint density at radius 3 is 2.75 bits per heavy atom. The molecule has 0 radical (unpaired) electrons. The second-order valence-electron chi connectivity index (χ2n) is 8.24. The van der Waals surface area contributed by atoms with Gasteiger partial charge >= 0.3 is 0 Å². The highest BCUT2D eigenvalue weighted by Gasteiger charge is 2.59. The first-order valence-corrected chi connectivity index (χ1v) is 8.47. The van der Waals surface area contributed by atoms with Gasteiger partial charge in [-0.05, 0) is 68.1 Å². The van der Waals surface area contributed by atoms with E-state index < -0.39 is 0 Å². The highest BCUT2D eigenvalue weighted by atomic mass is 16.2. The number of fused-ring (bicyclic) bond motifs is 5. The molecule has 6 atom stereocenters. The van der Waals surface area contributed by atoms with Crippen LogP contribution in [0.2, 0.25) is 0 Å². The second kappa shape index (κ2) is 3.90. The average Bonchev–Trinajstić information content (AvgIpc) is 2.89. The van der Waals surface area contributed by atoms with E-state index in [1.54, 1.807) is 0 Å². The summed E-state index contributed by atoms with van der Waals surface area (Å²) < 4.78 is 0. The van der Waals surface area contributed by atoms with Crippen LogP contribution in [-0.4, -0.2) is 22.9 Å². The molecule has 2 nitrogen and oxygen atoms in total. The number of hydrogen-bond donors (Lipinski definition) is 0. The maximum atomic E-state index is 12.1. The molecule has 4 aliphatic rings. The quantitative estimate of drug-likeness (QED) is 0.660. The van der Waals surface area contributed by atoms with Crippen molar-refractivity contribution in [2.75, 3.05) is 6.54 Å². The fourth-order valence-electron chi connectivity index (χ4n) is 6.29. The SMILES string of the molecule is CC1CCC2C3CCN4C(=O)C=CC4(C)C3CCC12C. The lowest BCUT2D eigenvalue weighted by Gasteiger charge is -2.57.